The van der Waals surface area contributed by atoms with Gasteiger partial charge < -0.3 is 27.0 Å². The van der Waals surface area contributed by atoms with E-state index in [9.17, 15) is 19.2 Å². The van der Waals surface area contributed by atoms with Gasteiger partial charge in [0, 0.05) is 18.5 Å². The van der Waals surface area contributed by atoms with Crippen LogP contribution in [0.25, 0.3) is 0 Å². The first-order chi connectivity index (χ1) is 19.7. The van der Waals surface area contributed by atoms with Crippen molar-refractivity contribution in [3.63, 3.8) is 0 Å². The van der Waals surface area contributed by atoms with E-state index in [1.807, 2.05) is 42.5 Å². The first-order valence-corrected chi connectivity index (χ1v) is 13.9. The van der Waals surface area contributed by atoms with Gasteiger partial charge in [-0.3, -0.25) is 19.2 Å². The van der Waals surface area contributed by atoms with Crippen molar-refractivity contribution in [2.45, 2.75) is 50.4 Å². The summed E-state index contributed by atoms with van der Waals surface area (Å²) in [6.07, 6.45) is 1.88. The molecule has 6 N–H and O–H groups in total. The molecule has 212 valence electrons. The first kappa shape index (κ1) is 28.0. The number of nitrogens with two attached hydrogens (primary N) is 2. The van der Waals surface area contributed by atoms with Crippen LogP contribution in [-0.2, 0) is 27.2 Å². The molecular weight excluding hydrogens is 518 g/mol. The van der Waals surface area contributed by atoms with Gasteiger partial charge in [0.2, 0.25) is 23.6 Å². The van der Waals surface area contributed by atoms with E-state index in [4.69, 9.17) is 11.5 Å². The summed E-state index contributed by atoms with van der Waals surface area (Å²) in [7, 11) is 0. The van der Waals surface area contributed by atoms with Crippen LogP contribution in [0, 0.1) is 5.92 Å². The zero-order chi connectivity index (χ0) is 29.1. The summed E-state index contributed by atoms with van der Waals surface area (Å²) in [5.74, 6) is -1.93. The number of primary amides is 1. The number of aryl methyl sites for hydroxylation is 1. The van der Waals surface area contributed by atoms with Crippen molar-refractivity contribution in [3.05, 3.63) is 107 Å². The molecule has 1 heterocycles. The van der Waals surface area contributed by atoms with Gasteiger partial charge in [-0.15, -0.1) is 0 Å². The summed E-state index contributed by atoms with van der Waals surface area (Å²) in [5, 5.41) is 6.00. The molecule has 9 heteroatoms. The molecule has 5 rings (SSSR count). The van der Waals surface area contributed by atoms with Crippen LogP contribution < -0.4 is 22.1 Å². The van der Waals surface area contributed by atoms with E-state index in [0.717, 1.165) is 24.0 Å². The molecule has 0 radical (unpaired) electrons. The SMILES string of the molecule is C[C@H](N)C(=O)N[C@@H](Cc1cccc(C(N)=O)c1)C(=O)N1C[C@@H](C(=O)N[C@H]2CCc3ccccc32)[C@@H]1c1ccccc1. The minimum Gasteiger partial charge on any atom is -0.366 e. The number of hydrogen-bond acceptors (Lipinski definition) is 5. The summed E-state index contributed by atoms with van der Waals surface area (Å²) >= 11 is 0. The van der Waals surface area contributed by atoms with Crippen LogP contribution in [0.5, 0.6) is 0 Å². The third-order valence-electron chi connectivity index (χ3n) is 8.00. The number of fused-ring (bicyclic) bond motifs is 1. The van der Waals surface area contributed by atoms with Gasteiger partial charge in [-0.05, 0) is 54.2 Å². The summed E-state index contributed by atoms with van der Waals surface area (Å²) in [5.41, 5.74) is 15.4. The number of rotatable bonds is 9. The van der Waals surface area contributed by atoms with Crippen LogP contribution >= 0.6 is 0 Å². The zero-order valence-corrected chi connectivity index (χ0v) is 23.0. The molecule has 41 heavy (non-hydrogen) atoms. The van der Waals surface area contributed by atoms with Gasteiger partial charge in [-0.1, -0.05) is 66.7 Å². The normalized spacial score (nSPS) is 20.7. The highest BCUT2D eigenvalue weighted by molar-refractivity contribution is 5.94. The van der Waals surface area contributed by atoms with Crippen molar-refractivity contribution in [2.24, 2.45) is 17.4 Å². The molecule has 0 aromatic heterocycles. The predicted molar refractivity (Wildman–Crippen MR) is 154 cm³/mol. The zero-order valence-electron chi connectivity index (χ0n) is 23.0. The topological polar surface area (TPSA) is 148 Å². The Morgan fingerprint density at radius 3 is 2.44 bits per heavy atom. The summed E-state index contributed by atoms with van der Waals surface area (Å²) in [4.78, 5) is 53.6. The van der Waals surface area contributed by atoms with Crippen molar-refractivity contribution in [2.75, 3.05) is 6.54 Å². The van der Waals surface area contributed by atoms with E-state index in [-0.39, 0.29) is 30.8 Å². The van der Waals surface area contributed by atoms with Gasteiger partial charge in [0.05, 0.1) is 24.0 Å². The molecule has 4 amide bonds. The molecule has 0 spiro atoms. The van der Waals surface area contributed by atoms with Gasteiger partial charge in [-0.25, -0.2) is 0 Å². The van der Waals surface area contributed by atoms with E-state index < -0.39 is 35.9 Å². The van der Waals surface area contributed by atoms with Crippen LogP contribution in [0.15, 0.2) is 78.9 Å². The maximum atomic E-state index is 14.0. The molecule has 9 nitrogen and oxygen atoms in total. The Labute approximate surface area is 239 Å². The molecule has 5 atom stereocenters. The summed E-state index contributed by atoms with van der Waals surface area (Å²) in [6.45, 7) is 1.76. The third-order valence-corrected chi connectivity index (χ3v) is 8.00. The van der Waals surface area contributed by atoms with E-state index in [1.165, 1.54) is 5.56 Å². The van der Waals surface area contributed by atoms with E-state index in [2.05, 4.69) is 22.8 Å². The molecule has 3 aromatic carbocycles. The number of carbonyl (C=O) groups is 4. The first-order valence-electron chi connectivity index (χ1n) is 13.9. The lowest BCUT2D eigenvalue weighted by molar-refractivity contribution is -0.154. The van der Waals surface area contributed by atoms with Gasteiger partial charge in [0.25, 0.3) is 0 Å². The Morgan fingerprint density at radius 2 is 1.71 bits per heavy atom. The van der Waals surface area contributed by atoms with Gasteiger partial charge in [0.15, 0.2) is 0 Å². The number of amides is 4. The number of carbonyl (C=O) groups excluding carboxylic acids is 4. The summed E-state index contributed by atoms with van der Waals surface area (Å²) < 4.78 is 0. The van der Waals surface area contributed by atoms with Gasteiger partial charge >= 0.3 is 0 Å². The molecule has 1 aliphatic heterocycles. The van der Waals surface area contributed by atoms with Crippen molar-refractivity contribution >= 4 is 23.6 Å². The van der Waals surface area contributed by atoms with E-state index in [0.29, 0.717) is 11.1 Å². The Bertz CT molecular complexity index is 1460. The molecule has 2 aliphatic rings. The van der Waals surface area contributed by atoms with Crippen molar-refractivity contribution < 1.29 is 19.2 Å². The minimum atomic E-state index is -0.950. The number of hydrogen-bond donors (Lipinski definition) is 4. The number of nitrogens with zero attached hydrogens (tertiary/aromatic N) is 1. The Balaban J connectivity index is 1.38. The Kier molecular flexibility index (Phi) is 8.16. The summed E-state index contributed by atoms with van der Waals surface area (Å²) in [6, 6.07) is 21.9. The van der Waals surface area contributed by atoms with Crippen molar-refractivity contribution in [3.8, 4) is 0 Å². The smallest absolute Gasteiger partial charge is 0.248 e. The number of benzene rings is 3. The standard InChI is InChI=1S/C32H35N5O4/c1-19(33)30(39)36-27(17-20-8-7-12-23(16-20)29(34)38)32(41)37-18-25(28(37)22-10-3-2-4-11-22)31(40)35-26-15-14-21-9-5-6-13-24(21)26/h2-13,16,19,25-28H,14-15,17-18,33H2,1H3,(H2,34,38)(H,35,40)(H,36,39)/t19-,25+,26-,27-,28-/m0/s1. The maximum absolute atomic E-state index is 14.0. The van der Waals surface area contributed by atoms with Crippen molar-refractivity contribution in [1.29, 1.82) is 0 Å². The van der Waals surface area contributed by atoms with E-state index in [1.54, 1.807) is 36.1 Å². The lowest BCUT2D eigenvalue weighted by Crippen LogP contribution is -2.62. The molecular formula is C32H35N5O4. The lowest BCUT2D eigenvalue weighted by atomic mass is 9.81. The van der Waals surface area contributed by atoms with Gasteiger partial charge in [0.1, 0.15) is 6.04 Å². The Morgan fingerprint density at radius 1 is 0.976 bits per heavy atom. The molecule has 3 aromatic rings. The van der Waals surface area contributed by atoms with Crippen LogP contribution in [0.3, 0.4) is 0 Å². The lowest BCUT2D eigenvalue weighted by Gasteiger charge is -2.49. The fraction of sp³-hybridized carbons (Fsp3) is 0.312. The van der Waals surface area contributed by atoms with Gasteiger partial charge in [-0.2, -0.15) is 0 Å². The van der Waals surface area contributed by atoms with Crippen LogP contribution in [0.1, 0.15) is 58.0 Å². The molecule has 1 saturated heterocycles. The second-order valence-corrected chi connectivity index (χ2v) is 10.9. The minimum absolute atomic E-state index is 0.0597. The molecule has 0 saturated carbocycles. The molecule has 0 unspecified atom stereocenters. The van der Waals surface area contributed by atoms with Crippen LogP contribution in [0.4, 0.5) is 0 Å². The average molecular weight is 554 g/mol. The highest BCUT2D eigenvalue weighted by Crippen LogP contribution is 2.41. The largest absolute Gasteiger partial charge is 0.366 e. The third kappa shape index (κ3) is 6.00. The van der Waals surface area contributed by atoms with E-state index >= 15 is 0 Å². The molecule has 1 aliphatic carbocycles. The second kappa shape index (κ2) is 11.9. The number of likely N-dealkylation sites (tertiary alicyclic amines) is 1. The highest BCUT2D eigenvalue weighted by atomic mass is 16.2. The highest BCUT2D eigenvalue weighted by Gasteiger charge is 2.49. The second-order valence-electron chi connectivity index (χ2n) is 10.9. The quantitative estimate of drug-likeness (QED) is 0.321. The molecule has 0 bridgehead atoms. The Hall–Kier alpha value is -4.50. The molecule has 1 fully saturated rings. The fourth-order valence-corrected chi connectivity index (χ4v) is 5.80. The maximum Gasteiger partial charge on any atom is 0.248 e. The van der Waals surface area contributed by atoms with Crippen LogP contribution in [0.2, 0.25) is 0 Å². The number of nitrogens with one attached hydrogen (secondary N) is 2. The average Bonchev–Trinajstić information content (AvgIpc) is 3.35. The fourth-order valence-electron chi connectivity index (χ4n) is 5.80. The van der Waals surface area contributed by atoms with Crippen molar-refractivity contribution in [1.82, 2.24) is 15.5 Å². The van der Waals surface area contributed by atoms with Crippen LogP contribution in [-0.4, -0.2) is 47.2 Å². The monoisotopic (exact) mass is 553 g/mol. The predicted octanol–water partition coefficient (Wildman–Crippen LogP) is 2.16.